The van der Waals surface area contributed by atoms with Crippen LogP contribution in [-0.2, 0) is 11.2 Å². The third kappa shape index (κ3) is 4.15. The Kier molecular flexibility index (Phi) is 5.64. The average Bonchev–Trinajstić information content (AvgIpc) is 2.71. The first-order valence-electron chi connectivity index (χ1n) is 8.53. The van der Waals surface area contributed by atoms with Gasteiger partial charge in [-0.2, -0.15) is 0 Å². The van der Waals surface area contributed by atoms with E-state index in [1.807, 2.05) is 24.3 Å². The maximum atomic E-state index is 12.3. The second-order valence-electron chi connectivity index (χ2n) is 6.07. The summed E-state index contributed by atoms with van der Waals surface area (Å²) in [6, 6.07) is 15.5. The minimum atomic E-state index is -0.613. The van der Waals surface area contributed by atoms with Crippen molar-refractivity contribution >= 4 is 22.6 Å². The lowest BCUT2D eigenvalue weighted by Gasteiger charge is -2.12. The molecule has 0 unspecified atom stereocenters. The zero-order valence-corrected chi connectivity index (χ0v) is 15.5. The van der Waals surface area contributed by atoms with Gasteiger partial charge in [-0.15, -0.1) is 0 Å². The number of benzene rings is 3. The van der Waals surface area contributed by atoms with Crippen molar-refractivity contribution in [3.8, 4) is 17.2 Å². The molecule has 2 amide bonds. The van der Waals surface area contributed by atoms with Gasteiger partial charge in [0.1, 0.15) is 17.2 Å². The number of phenols is 1. The quantitative estimate of drug-likeness (QED) is 0.591. The number of rotatable bonds is 5. The Labute approximate surface area is 161 Å². The topological polar surface area (TPSA) is 96.9 Å². The molecular formula is C21H20N2O5. The molecule has 0 atom stereocenters. The molecule has 7 nitrogen and oxygen atoms in total. The molecule has 0 aromatic heterocycles. The Bertz CT molecular complexity index is 1030. The predicted octanol–water partition coefficient (Wildman–Crippen LogP) is 2.57. The van der Waals surface area contributed by atoms with Crippen molar-refractivity contribution in [2.24, 2.45) is 0 Å². The molecular weight excluding hydrogens is 360 g/mol. The number of carbonyl (C=O) groups is 2. The maximum Gasteiger partial charge on any atom is 0.273 e. The molecule has 28 heavy (non-hydrogen) atoms. The highest BCUT2D eigenvalue weighted by molar-refractivity contribution is 6.02. The Balaban J connectivity index is 1.66. The Morgan fingerprint density at radius 2 is 1.64 bits per heavy atom. The Morgan fingerprint density at radius 1 is 0.929 bits per heavy atom. The van der Waals surface area contributed by atoms with E-state index in [-0.39, 0.29) is 17.7 Å². The highest BCUT2D eigenvalue weighted by atomic mass is 16.5. The van der Waals surface area contributed by atoms with E-state index in [1.54, 1.807) is 31.4 Å². The van der Waals surface area contributed by atoms with E-state index in [4.69, 9.17) is 9.47 Å². The van der Waals surface area contributed by atoms with Gasteiger partial charge in [0.25, 0.3) is 5.91 Å². The number of nitrogens with one attached hydrogen (secondary N) is 2. The highest BCUT2D eigenvalue weighted by Gasteiger charge is 2.15. The summed E-state index contributed by atoms with van der Waals surface area (Å²) in [6.45, 7) is 0. The number of hydrogen-bond donors (Lipinski definition) is 3. The summed E-state index contributed by atoms with van der Waals surface area (Å²) in [5.41, 5.74) is 5.38. The number of amides is 2. The van der Waals surface area contributed by atoms with Gasteiger partial charge >= 0.3 is 0 Å². The van der Waals surface area contributed by atoms with E-state index in [1.165, 1.54) is 13.2 Å². The largest absolute Gasteiger partial charge is 0.507 e. The van der Waals surface area contributed by atoms with Crippen LogP contribution in [0.3, 0.4) is 0 Å². The van der Waals surface area contributed by atoms with Crippen LogP contribution >= 0.6 is 0 Å². The fourth-order valence-corrected chi connectivity index (χ4v) is 2.82. The van der Waals surface area contributed by atoms with Crippen molar-refractivity contribution in [1.29, 1.82) is 0 Å². The first kappa shape index (κ1) is 19.0. The number of hydrogen-bond acceptors (Lipinski definition) is 5. The first-order chi connectivity index (χ1) is 13.5. The van der Waals surface area contributed by atoms with Gasteiger partial charge in [-0.3, -0.25) is 20.4 Å². The van der Waals surface area contributed by atoms with Gasteiger partial charge in [0, 0.05) is 11.6 Å². The zero-order valence-electron chi connectivity index (χ0n) is 15.5. The molecule has 0 heterocycles. The van der Waals surface area contributed by atoms with Crippen molar-refractivity contribution in [2.75, 3.05) is 14.2 Å². The smallest absolute Gasteiger partial charge is 0.273 e. The van der Waals surface area contributed by atoms with Crippen molar-refractivity contribution in [3.63, 3.8) is 0 Å². The second kappa shape index (κ2) is 8.30. The van der Waals surface area contributed by atoms with Crippen molar-refractivity contribution in [2.45, 2.75) is 6.42 Å². The van der Waals surface area contributed by atoms with Crippen molar-refractivity contribution in [3.05, 3.63) is 65.7 Å². The molecule has 0 spiro atoms. The van der Waals surface area contributed by atoms with E-state index < -0.39 is 11.8 Å². The highest BCUT2D eigenvalue weighted by Crippen LogP contribution is 2.26. The third-order valence-electron chi connectivity index (χ3n) is 4.27. The van der Waals surface area contributed by atoms with Gasteiger partial charge in [-0.1, -0.05) is 30.3 Å². The fourth-order valence-electron chi connectivity index (χ4n) is 2.82. The normalized spacial score (nSPS) is 10.4. The molecule has 144 valence electrons. The van der Waals surface area contributed by atoms with Crippen LogP contribution in [0.1, 0.15) is 15.9 Å². The molecule has 0 aliphatic carbocycles. The van der Waals surface area contributed by atoms with Crippen LogP contribution in [0.4, 0.5) is 0 Å². The zero-order chi connectivity index (χ0) is 20.1. The van der Waals surface area contributed by atoms with E-state index in [2.05, 4.69) is 10.9 Å². The minimum absolute atomic E-state index is 0.00283. The molecule has 7 heteroatoms. The van der Waals surface area contributed by atoms with Crippen LogP contribution in [0, 0.1) is 0 Å². The molecule has 3 aromatic carbocycles. The molecule has 3 N–H and O–H groups in total. The number of phenolic OH excluding ortho intramolecular Hbond substituents is 1. The number of fused-ring (bicyclic) bond motifs is 1. The summed E-state index contributed by atoms with van der Waals surface area (Å²) in [6.07, 6.45) is -0.00283. The van der Waals surface area contributed by atoms with Crippen LogP contribution in [0.2, 0.25) is 0 Å². The third-order valence-corrected chi connectivity index (χ3v) is 4.27. The lowest BCUT2D eigenvalue weighted by molar-refractivity contribution is -0.121. The van der Waals surface area contributed by atoms with Crippen LogP contribution in [0.25, 0.3) is 10.8 Å². The lowest BCUT2D eigenvalue weighted by Crippen LogP contribution is -2.42. The summed E-state index contributed by atoms with van der Waals surface area (Å²) in [4.78, 5) is 24.5. The van der Waals surface area contributed by atoms with E-state index >= 15 is 0 Å². The van der Waals surface area contributed by atoms with Crippen LogP contribution < -0.4 is 20.3 Å². The molecule has 0 aliphatic heterocycles. The monoisotopic (exact) mass is 380 g/mol. The van der Waals surface area contributed by atoms with E-state index in [0.717, 1.165) is 10.8 Å². The molecule has 3 rings (SSSR count). The lowest BCUT2D eigenvalue weighted by atomic mass is 10.1. The SMILES string of the molecule is COc1ccc(CC(=O)NNC(=O)c2cc3ccccc3cc2O)c(OC)c1. The molecule has 0 aliphatic rings. The summed E-state index contributed by atoms with van der Waals surface area (Å²) < 4.78 is 10.4. The summed E-state index contributed by atoms with van der Waals surface area (Å²) in [7, 11) is 3.04. The molecule has 0 fully saturated rings. The van der Waals surface area contributed by atoms with E-state index in [9.17, 15) is 14.7 Å². The molecule has 0 radical (unpaired) electrons. The Hall–Kier alpha value is -3.74. The predicted molar refractivity (Wildman–Crippen MR) is 104 cm³/mol. The van der Waals surface area contributed by atoms with Gasteiger partial charge in [-0.05, 0) is 29.0 Å². The summed E-state index contributed by atoms with van der Waals surface area (Å²) in [5, 5.41) is 11.7. The maximum absolute atomic E-state index is 12.3. The Morgan fingerprint density at radius 3 is 2.32 bits per heavy atom. The molecule has 0 saturated heterocycles. The fraction of sp³-hybridized carbons (Fsp3) is 0.143. The number of hydrazine groups is 1. The molecule has 0 bridgehead atoms. The van der Waals surface area contributed by atoms with Crippen LogP contribution in [-0.4, -0.2) is 31.1 Å². The summed E-state index contributed by atoms with van der Waals surface area (Å²) >= 11 is 0. The summed E-state index contributed by atoms with van der Waals surface area (Å²) in [5.74, 6) is -0.0910. The van der Waals surface area contributed by atoms with Gasteiger partial charge in [0.2, 0.25) is 5.91 Å². The number of aromatic hydroxyl groups is 1. The van der Waals surface area contributed by atoms with Crippen molar-refractivity contribution in [1.82, 2.24) is 10.9 Å². The second-order valence-corrected chi connectivity index (χ2v) is 6.07. The van der Waals surface area contributed by atoms with Crippen LogP contribution in [0.15, 0.2) is 54.6 Å². The first-order valence-corrected chi connectivity index (χ1v) is 8.53. The number of methoxy groups -OCH3 is 2. The average molecular weight is 380 g/mol. The van der Waals surface area contributed by atoms with Gasteiger partial charge in [-0.25, -0.2) is 0 Å². The van der Waals surface area contributed by atoms with Gasteiger partial charge in [0.15, 0.2) is 0 Å². The minimum Gasteiger partial charge on any atom is -0.507 e. The van der Waals surface area contributed by atoms with Gasteiger partial charge < -0.3 is 14.6 Å². The van der Waals surface area contributed by atoms with Gasteiger partial charge in [0.05, 0.1) is 26.2 Å². The number of ether oxygens (including phenoxy) is 2. The van der Waals surface area contributed by atoms with Crippen LogP contribution in [0.5, 0.6) is 17.2 Å². The molecule has 3 aromatic rings. The van der Waals surface area contributed by atoms with E-state index in [0.29, 0.717) is 17.1 Å². The standard InChI is InChI=1S/C21H20N2O5/c1-27-16-8-7-15(19(12-16)28-2)11-20(25)22-23-21(26)17-9-13-5-3-4-6-14(13)10-18(17)24/h3-10,12,24H,11H2,1-2H3,(H,22,25)(H,23,26). The van der Waals surface area contributed by atoms with Crippen molar-refractivity contribution < 1.29 is 24.2 Å². The molecule has 0 saturated carbocycles. The number of carbonyl (C=O) groups excluding carboxylic acids is 2.